The summed E-state index contributed by atoms with van der Waals surface area (Å²) >= 11 is 0. The van der Waals surface area contributed by atoms with Crippen molar-refractivity contribution in [1.29, 1.82) is 0 Å². The Kier molecular flexibility index (Phi) is 5.80. The van der Waals surface area contributed by atoms with Crippen LogP contribution in [-0.2, 0) is 16.4 Å². The third-order valence-corrected chi connectivity index (χ3v) is 6.51. The fourth-order valence-electron chi connectivity index (χ4n) is 3.59. The molecule has 0 bridgehead atoms. The van der Waals surface area contributed by atoms with Crippen LogP contribution in [0.25, 0.3) is 22.3 Å². The monoisotopic (exact) mass is 448 g/mol. The molecule has 4 rings (SSSR count). The van der Waals surface area contributed by atoms with E-state index in [1.54, 1.807) is 41.2 Å². The van der Waals surface area contributed by atoms with Gasteiger partial charge < -0.3 is 5.32 Å². The summed E-state index contributed by atoms with van der Waals surface area (Å²) in [7, 11) is -3.27. The lowest BCUT2D eigenvalue weighted by atomic mass is 10.0. The Morgan fingerprint density at radius 3 is 2.41 bits per heavy atom. The second-order valence-corrected chi connectivity index (χ2v) is 9.67. The van der Waals surface area contributed by atoms with Crippen molar-refractivity contribution in [2.75, 3.05) is 6.26 Å². The highest BCUT2D eigenvalue weighted by atomic mass is 32.2. The molecule has 0 radical (unpaired) electrons. The molecule has 2 aromatic carbocycles. The quantitative estimate of drug-likeness (QED) is 0.481. The van der Waals surface area contributed by atoms with Crippen LogP contribution < -0.4 is 5.32 Å². The number of carbonyl (C=O) groups is 1. The van der Waals surface area contributed by atoms with Gasteiger partial charge in [0, 0.05) is 18.4 Å². The predicted octanol–water partition coefficient (Wildman–Crippen LogP) is 4.01. The molecule has 7 nitrogen and oxygen atoms in total. The van der Waals surface area contributed by atoms with Gasteiger partial charge >= 0.3 is 0 Å². The van der Waals surface area contributed by atoms with E-state index in [0.717, 1.165) is 11.1 Å². The van der Waals surface area contributed by atoms with Crippen LogP contribution in [0.2, 0.25) is 0 Å². The molecule has 2 heterocycles. The van der Waals surface area contributed by atoms with Crippen LogP contribution in [0.5, 0.6) is 0 Å². The van der Waals surface area contributed by atoms with Crippen molar-refractivity contribution in [2.24, 2.45) is 0 Å². The van der Waals surface area contributed by atoms with Gasteiger partial charge in [-0.1, -0.05) is 42.5 Å². The molecule has 2 aromatic heterocycles. The lowest BCUT2D eigenvalue weighted by Gasteiger charge is -2.16. The number of fused-ring (bicyclic) bond motifs is 1. The maximum Gasteiger partial charge on any atom is 0.252 e. The normalized spacial score (nSPS) is 12.6. The van der Waals surface area contributed by atoms with Gasteiger partial charge in [-0.3, -0.25) is 4.79 Å². The van der Waals surface area contributed by atoms with Gasteiger partial charge in [-0.25, -0.2) is 18.1 Å². The Morgan fingerprint density at radius 2 is 1.78 bits per heavy atom. The van der Waals surface area contributed by atoms with Crippen LogP contribution in [0.1, 0.15) is 35.8 Å². The van der Waals surface area contributed by atoms with Crippen molar-refractivity contribution in [3.63, 3.8) is 0 Å². The fraction of sp³-hybridized carbons (Fsp3) is 0.208. The fourth-order valence-corrected chi connectivity index (χ4v) is 4.22. The second-order valence-electron chi connectivity index (χ2n) is 7.66. The highest BCUT2D eigenvalue weighted by molar-refractivity contribution is 7.90. The van der Waals surface area contributed by atoms with Crippen LogP contribution in [0.3, 0.4) is 0 Å². The molecular weight excluding hydrogens is 424 g/mol. The Balaban J connectivity index is 1.69. The number of aryl methyl sites for hydroxylation is 1. The largest absolute Gasteiger partial charge is 0.345 e. The Bertz CT molecular complexity index is 1380. The van der Waals surface area contributed by atoms with Crippen molar-refractivity contribution < 1.29 is 13.2 Å². The average Bonchev–Trinajstić information content (AvgIpc) is 3.21. The number of benzene rings is 2. The molecule has 8 heteroatoms. The van der Waals surface area contributed by atoms with Crippen LogP contribution in [0.4, 0.5) is 0 Å². The molecule has 0 spiro atoms. The van der Waals surface area contributed by atoms with E-state index in [4.69, 9.17) is 4.98 Å². The first-order valence-electron chi connectivity index (χ1n) is 10.3. The van der Waals surface area contributed by atoms with Crippen LogP contribution in [0, 0.1) is 0 Å². The molecule has 0 saturated carbocycles. The molecule has 4 aromatic rings. The second kappa shape index (κ2) is 8.55. The standard InChI is InChI=1S/C24H24N4O3S/c1-4-28-23-21(15-25-28)20(14-22(27-23)18-8-6-5-7-9-18)24(29)26-16(2)17-10-12-19(13-11-17)32(3,30)31/h5-16H,4H2,1-3H3,(H,26,29). The lowest BCUT2D eigenvalue weighted by Crippen LogP contribution is -2.27. The summed E-state index contributed by atoms with van der Waals surface area (Å²) in [6.07, 6.45) is 2.84. The van der Waals surface area contributed by atoms with Crippen molar-refractivity contribution in [3.8, 4) is 11.3 Å². The minimum absolute atomic E-state index is 0.245. The van der Waals surface area contributed by atoms with Gasteiger partial charge in [-0.15, -0.1) is 0 Å². The molecule has 1 N–H and O–H groups in total. The first-order valence-corrected chi connectivity index (χ1v) is 12.2. The first-order chi connectivity index (χ1) is 15.3. The summed E-state index contributed by atoms with van der Waals surface area (Å²) in [6, 6.07) is 17.7. The van der Waals surface area contributed by atoms with Gasteiger partial charge in [0.2, 0.25) is 0 Å². The van der Waals surface area contributed by atoms with E-state index in [0.29, 0.717) is 28.8 Å². The molecule has 0 aliphatic carbocycles. The highest BCUT2D eigenvalue weighted by Crippen LogP contribution is 2.26. The van der Waals surface area contributed by atoms with Crippen LogP contribution in [-0.4, -0.2) is 35.3 Å². The highest BCUT2D eigenvalue weighted by Gasteiger charge is 2.19. The number of rotatable bonds is 6. The topological polar surface area (TPSA) is 94.0 Å². The van der Waals surface area contributed by atoms with Gasteiger partial charge in [-0.2, -0.15) is 5.10 Å². The zero-order chi connectivity index (χ0) is 22.9. The van der Waals surface area contributed by atoms with Gasteiger partial charge in [0.25, 0.3) is 5.91 Å². The minimum atomic E-state index is -3.27. The summed E-state index contributed by atoms with van der Waals surface area (Å²) in [4.78, 5) is 18.3. The van der Waals surface area contributed by atoms with Crippen molar-refractivity contribution >= 4 is 26.8 Å². The van der Waals surface area contributed by atoms with Crippen LogP contribution in [0.15, 0.2) is 71.8 Å². The van der Waals surface area contributed by atoms with Crippen molar-refractivity contribution in [1.82, 2.24) is 20.1 Å². The maximum atomic E-state index is 13.3. The van der Waals surface area contributed by atoms with Crippen LogP contribution >= 0.6 is 0 Å². The molecule has 1 unspecified atom stereocenters. The number of nitrogens with zero attached hydrogens (tertiary/aromatic N) is 3. The average molecular weight is 449 g/mol. The predicted molar refractivity (Wildman–Crippen MR) is 124 cm³/mol. The zero-order valence-corrected chi connectivity index (χ0v) is 18.9. The SMILES string of the molecule is CCn1ncc2c(C(=O)NC(C)c3ccc(S(C)(=O)=O)cc3)cc(-c3ccccc3)nc21. The van der Waals surface area contributed by atoms with Crippen molar-refractivity contribution in [2.45, 2.75) is 31.3 Å². The number of aromatic nitrogens is 3. The molecule has 0 aliphatic heterocycles. The lowest BCUT2D eigenvalue weighted by molar-refractivity contribution is 0.0941. The summed E-state index contributed by atoms with van der Waals surface area (Å²) in [6.45, 7) is 4.48. The summed E-state index contributed by atoms with van der Waals surface area (Å²) in [5.41, 5.74) is 3.57. The van der Waals surface area contributed by atoms with Gasteiger partial charge in [-0.05, 0) is 37.6 Å². The van der Waals surface area contributed by atoms with Gasteiger partial charge in [0.15, 0.2) is 15.5 Å². The number of hydrogen-bond acceptors (Lipinski definition) is 5. The molecule has 0 fully saturated rings. The summed E-state index contributed by atoms with van der Waals surface area (Å²) < 4.78 is 25.2. The number of nitrogens with one attached hydrogen (secondary N) is 1. The van der Waals surface area contributed by atoms with Gasteiger partial charge in [0.1, 0.15) is 0 Å². The number of carbonyl (C=O) groups excluding carboxylic acids is 1. The molecular formula is C24H24N4O3S. The molecule has 0 saturated heterocycles. The van der Waals surface area contributed by atoms with Gasteiger partial charge in [0.05, 0.1) is 33.8 Å². The van der Waals surface area contributed by atoms with E-state index in [9.17, 15) is 13.2 Å². The molecule has 1 amide bonds. The number of pyridine rings is 1. The smallest absolute Gasteiger partial charge is 0.252 e. The maximum absolute atomic E-state index is 13.3. The third kappa shape index (κ3) is 4.27. The number of amides is 1. The van der Waals surface area contributed by atoms with E-state index in [1.165, 1.54) is 6.26 Å². The first kappa shape index (κ1) is 21.7. The Labute approximate surface area is 187 Å². The number of sulfone groups is 1. The number of hydrogen-bond donors (Lipinski definition) is 1. The van der Waals surface area contributed by atoms with E-state index in [-0.39, 0.29) is 16.8 Å². The Morgan fingerprint density at radius 1 is 1.09 bits per heavy atom. The van der Waals surface area contributed by atoms with E-state index < -0.39 is 9.84 Å². The zero-order valence-electron chi connectivity index (χ0n) is 18.1. The summed E-state index contributed by atoms with van der Waals surface area (Å²) in [5.74, 6) is -0.245. The van der Waals surface area contributed by atoms with E-state index in [2.05, 4.69) is 10.4 Å². The van der Waals surface area contributed by atoms with E-state index in [1.807, 2.05) is 44.2 Å². The summed E-state index contributed by atoms with van der Waals surface area (Å²) in [5, 5.41) is 8.08. The molecule has 32 heavy (non-hydrogen) atoms. The molecule has 164 valence electrons. The molecule has 0 aliphatic rings. The van der Waals surface area contributed by atoms with E-state index >= 15 is 0 Å². The molecule has 1 atom stereocenters. The minimum Gasteiger partial charge on any atom is -0.345 e. The Hall–Kier alpha value is -3.52. The van der Waals surface area contributed by atoms with Crippen molar-refractivity contribution in [3.05, 3.63) is 78.0 Å². The third-order valence-electron chi connectivity index (χ3n) is 5.38.